The summed E-state index contributed by atoms with van der Waals surface area (Å²) in [5.74, 6) is 0.752. The highest BCUT2D eigenvalue weighted by Gasteiger charge is 2.15. The minimum Gasteiger partial charge on any atom is -0.228 e. The highest BCUT2D eigenvalue weighted by Crippen LogP contribution is 2.39. The summed E-state index contributed by atoms with van der Waals surface area (Å²) in [5, 5.41) is 6.23. The molecular weight excluding hydrogens is 501 g/mol. The zero-order valence-corrected chi connectivity index (χ0v) is 21.9. The van der Waals surface area contributed by atoms with Gasteiger partial charge in [-0.15, -0.1) is 22.7 Å². The number of thiophene rings is 2. The summed E-state index contributed by atoms with van der Waals surface area (Å²) in [6, 6.07) is 43.1. The summed E-state index contributed by atoms with van der Waals surface area (Å²) in [4.78, 5) is 11.5. The van der Waals surface area contributed by atoms with Crippen LogP contribution < -0.4 is 0 Å². The molecule has 38 heavy (non-hydrogen) atoms. The molecule has 0 saturated heterocycles. The van der Waals surface area contributed by atoms with Crippen molar-refractivity contribution in [2.45, 2.75) is 0 Å². The third-order valence-electron chi connectivity index (χ3n) is 7.11. The van der Waals surface area contributed by atoms with Gasteiger partial charge in [0.2, 0.25) is 0 Å². The lowest BCUT2D eigenvalue weighted by Crippen LogP contribution is -1.95. The summed E-state index contributed by atoms with van der Waals surface area (Å²) >= 11 is 3.60. The van der Waals surface area contributed by atoms with E-state index in [4.69, 9.17) is 9.97 Å². The molecule has 3 heterocycles. The number of hydrogen-bond donors (Lipinski definition) is 0. The van der Waals surface area contributed by atoms with Crippen LogP contribution in [0.4, 0.5) is 0 Å². The van der Waals surface area contributed by atoms with E-state index in [9.17, 15) is 0 Å². The zero-order valence-electron chi connectivity index (χ0n) is 20.3. The van der Waals surface area contributed by atoms with E-state index >= 15 is 0 Å². The van der Waals surface area contributed by atoms with E-state index in [1.165, 1.54) is 41.0 Å². The first-order valence-electron chi connectivity index (χ1n) is 12.6. The van der Waals surface area contributed by atoms with Gasteiger partial charge in [-0.05, 0) is 46.5 Å². The standard InChI is InChI=1S/C34H20N2S2/c1-3-11-24-21(8-1)10-7-13-25(24)28-20-29(33-18-22-9-2-5-14-30(22)37-33)36-34(35-28)23-16-17-27-26-12-4-6-15-31(26)38-32(27)19-23/h1-20H. The van der Waals surface area contributed by atoms with Gasteiger partial charge in [-0.1, -0.05) is 91.0 Å². The van der Waals surface area contributed by atoms with Gasteiger partial charge in [-0.2, -0.15) is 0 Å². The number of rotatable bonds is 3. The molecule has 3 aromatic heterocycles. The van der Waals surface area contributed by atoms with E-state index in [1.807, 2.05) is 11.3 Å². The average molecular weight is 521 g/mol. The van der Waals surface area contributed by atoms with Gasteiger partial charge in [0.15, 0.2) is 5.82 Å². The molecule has 0 aliphatic heterocycles. The monoisotopic (exact) mass is 520 g/mol. The molecule has 5 aromatic carbocycles. The Bertz CT molecular complexity index is 2110. The molecule has 8 aromatic rings. The molecule has 0 aliphatic carbocycles. The summed E-state index contributed by atoms with van der Waals surface area (Å²) in [5.41, 5.74) is 4.05. The molecule has 178 valence electrons. The number of benzene rings is 5. The van der Waals surface area contributed by atoms with Crippen molar-refractivity contribution in [2.24, 2.45) is 0 Å². The summed E-state index contributed by atoms with van der Waals surface area (Å²) < 4.78 is 3.82. The van der Waals surface area contributed by atoms with E-state index in [0.717, 1.165) is 33.2 Å². The SMILES string of the molecule is c1ccc2sc(-c3cc(-c4cccc5ccccc45)nc(-c4ccc5c(c4)sc4ccccc45)n3)cc2c1. The third kappa shape index (κ3) is 3.53. The maximum Gasteiger partial charge on any atom is 0.160 e. The molecule has 2 nitrogen and oxygen atoms in total. The van der Waals surface area contributed by atoms with Crippen LogP contribution in [0.15, 0.2) is 121 Å². The fraction of sp³-hybridized carbons (Fsp3) is 0. The Hall–Kier alpha value is -4.38. The quantitative estimate of drug-likeness (QED) is 0.232. The van der Waals surface area contributed by atoms with E-state index < -0.39 is 0 Å². The van der Waals surface area contributed by atoms with Gasteiger partial charge in [0.1, 0.15) is 0 Å². The number of hydrogen-bond acceptors (Lipinski definition) is 4. The Labute approximate surface area is 227 Å². The van der Waals surface area contributed by atoms with Crippen molar-refractivity contribution in [3.05, 3.63) is 121 Å². The van der Waals surface area contributed by atoms with E-state index in [1.54, 1.807) is 11.3 Å². The number of nitrogens with zero attached hydrogens (tertiary/aromatic N) is 2. The van der Waals surface area contributed by atoms with Crippen molar-refractivity contribution in [1.82, 2.24) is 9.97 Å². The van der Waals surface area contributed by atoms with E-state index in [2.05, 4.69) is 121 Å². The van der Waals surface area contributed by atoms with Crippen LogP contribution in [0.1, 0.15) is 0 Å². The second kappa shape index (κ2) is 8.59. The first kappa shape index (κ1) is 21.7. The van der Waals surface area contributed by atoms with Crippen molar-refractivity contribution in [3.63, 3.8) is 0 Å². The molecule has 0 aliphatic rings. The maximum atomic E-state index is 5.16. The smallest absolute Gasteiger partial charge is 0.160 e. The first-order chi connectivity index (χ1) is 18.8. The van der Waals surface area contributed by atoms with Crippen molar-refractivity contribution in [1.29, 1.82) is 0 Å². The van der Waals surface area contributed by atoms with Crippen LogP contribution in [0, 0.1) is 0 Å². The van der Waals surface area contributed by atoms with Crippen LogP contribution in [-0.2, 0) is 0 Å². The molecule has 0 unspecified atom stereocenters. The molecule has 8 rings (SSSR count). The predicted molar refractivity (Wildman–Crippen MR) is 164 cm³/mol. The van der Waals surface area contributed by atoms with Crippen molar-refractivity contribution in [3.8, 4) is 33.2 Å². The molecule has 0 fully saturated rings. The van der Waals surface area contributed by atoms with Gasteiger partial charge < -0.3 is 0 Å². The Morgan fingerprint density at radius 2 is 1.16 bits per heavy atom. The molecular formula is C34H20N2S2. The number of fused-ring (bicyclic) bond motifs is 5. The minimum absolute atomic E-state index is 0.752. The Morgan fingerprint density at radius 1 is 0.447 bits per heavy atom. The summed E-state index contributed by atoms with van der Waals surface area (Å²) in [6.45, 7) is 0. The topological polar surface area (TPSA) is 25.8 Å². The summed E-state index contributed by atoms with van der Waals surface area (Å²) in [7, 11) is 0. The van der Waals surface area contributed by atoms with Crippen LogP contribution in [0.25, 0.3) is 74.2 Å². The average Bonchev–Trinajstić information content (AvgIpc) is 3.58. The van der Waals surface area contributed by atoms with Gasteiger partial charge in [-0.25, -0.2) is 9.97 Å². The lowest BCUT2D eigenvalue weighted by Gasteiger charge is -2.10. The van der Waals surface area contributed by atoms with E-state index in [-0.39, 0.29) is 0 Å². The largest absolute Gasteiger partial charge is 0.228 e. The van der Waals surface area contributed by atoms with Crippen molar-refractivity contribution < 1.29 is 0 Å². The zero-order chi connectivity index (χ0) is 25.1. The molecule has 0 amide bonds. The fourth-order valence-corrected chi connectivity index (χ4v) is 7.43. The van der Waals surface area contributed by atoms with Gasteiger partial charge in [0.25, 0.3) is 0 Å². The highest BCUT2D eigenvalue weighted by molar-refractivity contribution is 7.25. The maximum absolute atomic E-state index is 5.16. The molecule has 0 saturated carbocycles. The highest BCUT2D eigenvalue weighted by atomic mass is 32.1. The van der Waals surface area contributed by atoms with Crippen LogP contribution in [0.2, 0.25) is 0 Å². The van der Waals surface area contributed by atoms with Crippen LogP contribution >= 0.6 is 22.7 Å². The van der Waals surface area contributed by atoms with Gasteiger partial charge in [-0.3, -0.25) is 0 Å². The minimum atomic E-state index is 0.752. The van der Waals surface area contributed by atoms with Gasteiger partial charge in [0, 0.05) is 36.0 Å². The van der Waals surface area contributed by atoms with Crippen molar-refractivity contribution >= 4 is 63.7 Å². The first-order valence-corrected chi connectivity index (χ1v) is 14.2. The fourth-order valence-electron chi connectivity index (χ4n) is 5.26. The summed E-state index contributed by atoms with van der Waals surface area (Å²) in [6.07, 6.45) is 0. The molecule has 0 bridgehead atoms. The molecule has 0 atom stereocenters. The lowest BCUT2D eigenvalue weighted by atomic mass is 10.0. The van der Waals surface area contributed by atoms with Crippen LogP contribution in [-0.4, -0.2) is 9.97 Å². The molecule has 4 heteroatoms. The lowest BCUT2D eigenvalue weighted by molar-refractivity contribution is 1.19. The Kier molecular flexibility index (Phi) is 4.90. The third-order valence-corrected chi connectivity index (χ3v) is 9.38. The van der Waals surface area contributed by atoms with E-state index in [0.29, 0.717) is 0 Å². The van der Waals surface area contributed by atoms with Crippen LogP contribution in [0.5, 0.6) is 0 Å². The number of aromatic nitrogens is 2. The second-order valence-corrected chi connectivity index (χ2v) is 11.6. The van der Waals surface area contributed by atoms with Gasteiger partial charge >= 0.3 is 0 Å². The normalized spacial score (nSPS) is 11.7. The van der Waals surface area contributed by atoms with Crippen molar-refractivity contribution in [2.75, 3.05) is 0 Å². The molecule has 0 N–H and O–H groups in total. The second-order valence-electron chi connectivity index (χ2n) is 9.45. The van der Waals surface area contributed by atoms with Crippen LogP contribution in [0.3, 0.4) is 0 Å². The predicted octanol–water partition coefficient (Wildman–Crippen LogP) is 10.2. The van der Waals surface area contributed by atoms with Gasteiger partial charge in [0.05, 0.1) is 16.3 Å². The Morgan fingerprint density at radius 3 is 2.05 bits per heavy atom. The molecule has 0 spiro atoms. The molecule has 0 radical (unpaired) electrons. The Balaban J connectivity index is 1.37.